The second-order valence-electron chi connectivity index (χ2n) is 12.2. The normalized spacial score (nSPS) is 25.4. The van der Waals surface area contributed by atoms with Gasteiger partial charge in [0.05, 0.1) is 39.5 Å². The van der Waals surface area contributed by atoms with Crippen LogP contribution in [0.1, 0.15) is 51.9 Å². The maximum Gasteiger partial charge on any atom is 0.439 e. The number of aromatic nitrogens is 6. The second kappa shape index (κ2) is 10.8. The SMILES string of the molecule is CO[C@@H]1C[C@H](C2(OC)CC2)N(c2nc3cc(-c4noc(=O)[nH]4)nc(-c4cncc(Cl)c4)c3n2C[C@H]2CC[C@H](C)CC2)C1. The molecule has 0 unspecified atom stereocenters. The summed E-state index contributed by atoms with van der Waals surface area (Å²) in [5, 5.41) is 4.42. The van der Waals surface area contributed by atoms with Crippen LogP contribution < -0.4 is 10.7 Å². The lowest BCUT2D eigenvalue weighted by Gasteiger charge is -2.33. The van der Waals surface area contributed by atoms with Crippen molar-refractivity contribution >= 4 is 28.6 Å². The molecule has 3 aliphatic rings. The molecule has 1 saturated heterocycles. The van der Waals surface area contributed by atoms with Crippen LogP contribution in [0.5, 0.6) is 0 Å². The van der Waals surface area contributed by atoms with Crippen LogP contribution in [-0.4, -0.2) is 68.2 Å². The summed E-state index contributed by atoms with van der Waals surface area (Å²) in [6, 6.07) is 3.87. The van der Waals surface area contributed by atoms with Crippen LogP contribution in [0.4, 0.5) is 5.95 Å². The Bertz CT molecular complexity index is 1650. The number of nitrogens with zero attached hydrogens (tertiary/aromatic N) is 6. The molecule has 4 aromatic heterocycles. The quantitative estimate of drug-likeness (QED) is 0.297. The molecule has 7 rings (SSSR count). The van der Waals surface area contributed by atoms with Crippen molar-refractivity contribution in [3.63, 3.8) is 0 Å². The van der Waals surface area contributed by atoms with Crippen molar-refractivity contribution in [2.45, 2.75) is 76.2 Å². The number of pyridine rings is 2. The lowest BCUT2D eigenvalue weighted by Crippen LogP contribution is -2.43. The highest BCUT2D eigenvalue weighted by atomic mass is 35.5. The Morgan fingerprint density at radius 2 is 1.95 bits per heavy atom. The first-order chi connectivity index (χ1) is 20.4. The van der Waals surface area contributed by atoms with E-state index in [1.807, 2.05) is 19.2 Å². The summed E-state index contributed by atoms with van der Waals surface area (Å²) in [6.45, 7) is 3.89. The lowest BCUT2D eigenvalue weighted by molar-refractivity contribution is 0.0481. The van der Waals surface area contributed by atoms with E-state index in [2.05, 4.69) is 31.5 Å². The molecular weight excluding hydrogens is 558 g/mol. The summed E-state index contributed by atoms with van der Waals surface area (Å²) in [7, 11) is 3.60. The number of nitrogens with one attached hydrogen (secondary N) is 1. The number of aromatic amines is 1. The van der Waals surface area contributed by atoms with Crippen LogP contribution in [0.15, 0.2) is 33.8 Å². The topological polar surface area (TPSA) is 124 Å². The standard InChI is InChI=1S/C30H36ClN7O4/c1-17-4-6-18(7-5-17)15-38-26-22(34-28(38)37-16-21(40-2)11-24(37)30(41-3)8-9-30)12-23(27-35-29(39)42-36-27)33-25(26)19-10-20(31)14-32-13-19/h10,12-14,17-18,21,24H,4-9,11,15-16H2,1-3H3,(H,35,36,39)/t17-,18-,21-,24-/m1/s1. The van der Waals surface area contributed by atoms with Crippen molar-refractivity contribution in [2.75, 3.05) is 25.7 Å². The van der Waals surface area contributed by atoms with E-state index in [1.54, 1.807) is 19.5 Å². The summed E-state index contributed by atoms with van der Waals surface area (Å²) < 4.78 is 19.2. The van der Waals surface area contributed by atoms with Crippen molar-refractivity contribution in [2.24, 2.45) is 11.8 Å². The fourth-order valence-corrected chi connectivity index (χ4v) is 7.17. The maximum absolute atomic E-state index is 11.8. The predicted octanol–water partition coefficient (Wildman–Crippen LogP) is 5.09. The van der Waals surface area contributed by atoms with Gasteiger partial charge >= 0.3 is 5.76 Å². The monoisotopic (exact) mass is 593 g/mol. The molecule has 2 saturated carbocycles. The number of rotatable bonds is 8. The largest absolute Gasteiger partial charge is 0.439 e. The van der Waals surface area contributed by atoms with Gasteiger partial charge in [-0.1, -0.05) is 36.5 Å². The Morgan fingerprint density at radius 1 is 1.14 bits per heavy atom. The number of methoxy groups -OCH3 is 2. The number of imidazole rings is 1. The number of anilines is 1. The van der Waals surface area contributed by atoms with E-state index in [-0.39, 0.29) is 23.6 Å². The van der Waals surface area contributed by atoms with Crippen LogP contribution in [-0.2, 0) is 16.0 Å². The van der Waals surface area contributed by atoms with Gasteiger partial charge in [0.15, 0.2) is 0 Å². The molecule has 222 valence electrons. The molecule has 1 aliphatic heterocycles. The summed E-state index contributed by atoms with van der Waals surface area (Å²) in [4.78, 5) is 31.5. The summed E-state index contributed by atoms with van der Waals surface area (Å²) >= 11 is 6.42. The van der Waals surface area contributed by atoms with Gasteiger partial charge in [-0.05, 0) is 56.1 Å². The molecule has 0 bridgehead atoms. The average Bonchev–Trinajstić information content (AvgIpc) is 3.28. The van der Waals surface area contributed by atoms with E-state index < -0.39 is 5.76 Å². The van der Waals surface area contributed by atoms with Gasteiger partial charge in [-0.25, -0.2) is 14.8 Å². The Morgan fingerprint density at radius 3 is 2.62 bits per heavy atom. The summed E-state index contributed by atoms with van der Waals surface area (Å²) in [5.74, 6) is 1.76. The van der Waals surface area contributed by atoms with Crippen LogP contribution in [0, 0.1) is 11.8 Å². The Kier molecular flexibility index (Phi) is 7.06. The third-order valence-corrected chi connectivity index (χ3v) is 9.76. The average molecular weight is 594 g/mol. The first-order valence-corrected chi connectivity index (χ1v) is 15.2. The van der Waals surface area contributed by atoms with Gasteiger partial charge in [-0.3, -0.25) is 14.5 Å². The minimum Gasteiger partial charge on any atom is -0.380 e. The zero-order valence-corrected chi connectivity index (χ0v) is 24.9. The molecular formula is C30H36ClN7O4. The lowest BCUT2D eigenvalue weighted by atomic mass is 9.83. The van der Waals surface area contributed by atoms with Gasteiger partial charge in [0.25, 0.3) is 0 Å². The molecule has 0 spiro atoms. The number of ether oxygens (including phenoxy) is 2. The molecule has 1 N–H and O–H groups in total. The highest BCUT2D eigenvalue weighted by Crippen LogP contribution is 2.49. The van der Waals surface area contributed by atoms with Crippen molar-refractivity contribution in [1.29, 1.82) is 0 Å². The van der Waals surface area contributed by atoms with Crippen molar-refractivity contribution in [3.8, 4) is 22.8 Å². The van der Waals surface area contributed by atoms with Crippen LogP contribution in [0.3, 0.4) is 0 Å². The number of fused-ring (bicyclic) bond motifs is 1. The number of hydrogen-bond donors (Lipinski definition) is 1. The molecule has 0 amide bonds. The van der Waals surface area contributed by atoms with Crippen LogP contribution >= 0.6 is 11.6 Å². The molecule has 4 aromatic rings. The summed E-state index contributed by atoms with van der Waals surface area (Å²) in [6.07, 6.45) is 11.2. The minimum absolute atomic E-state index is 0.0805. The van der Waals surface area contributed by atoms with Crippen LogP contribution in [0.2, 0.25) is 5.02 Å². The molecule has 0 aromatic carbocycles. The van der Waals surface area contributed by atoms with Gasteiger partial charge in [0.1, 0.15) is 5.69 Å². The Hall–Kier alpha value is -3.28. The molecule has 11 nitrogen and oxygen atoms in total. The van der Waals surface area contributed by atoms with Gasteiger partial charge in [0, 0.05) is 45.3 Å². The Labute approximate surface area is 248 Å². The smallest absolute Gasteiger partial charge is 0.380 e. The van der Waals surface area contributed by atoms with Gasteiger partial charge in [-0.15, -0.1) is 0 Å². The van der Waals surface area contributed by atoms with E-state index in [1.165, 1.54) is 25.7 Å². The molecule has 12 heteroatoms. The van der Waals surface area contributed by atoms with Gasteiger partial charge in [0.2, 0.25) is 11.8 Å². The highest BCUT2D eigenvalue weighted by molar-refractivity contribution is 6.30. The van der Waals surface area contributed by atoms with Crippen molar-refractivity contribution in [1.82, 2.24) is 29.7 Å². The maximum atomic E-state index is 11.8. The third kappa shape index (κ3) is 4.91. The third-order valence-electron chi connectivity index (χ3n) is 9.55. The van der Waals surface area contributed by atoms with Crippen LogP contribution in [0.25, 0.3) is 33.8 Å². The summed E-state index contributed by atoms with van der Waals surface area (Å²) in [5.41, 5.74) is 3.35. The zero-order chi connectivity index (χ0) is 29.0. The van der Waals surface area contributed by atoms with Gasteiger partial charge in [-0.2, -0.15) is 0 Å². The predicted molar refractivity (Wildman–Crippen MR) is 159 cm³/mol. The molecule has 5 heterocycles. The van der Waals surface area contributed by atoms with E-state index in [0.717, 1.165) is 60.8 Å². The molecule has 2 atom stereocenters. The fraction of sp³-hybridized carbons (Fsp3) is 0.567. The molecule has 2 aliphatic carbocycles. The second-order valence-corrected chi connectivity index (χ2v) is 12.7. The zero-order valence-electron chi connectivity index (χ0n) is 24.2. The van der Waals surface area contributed by atoms with E-state index in [0.29, 0.717) is 22.3 Å². The van der Waals surface area contributed by atoms with E-state index in [4.69, 9.17) is 35.6 Å². The number of hydrogen-bond acceptors (Lipinski definition) is 9. The molecule has 42 heavy (non-hydrogen) atoms. The molecule has 0 radical (unpaired) electrons. The number of H-pyrrole nitrogens is 1. The first-order valence-electron chi connectivity index (χ1n) is 14.8. The van der Waals surface area contributed by atoms with Crippen molar-refractivity contribution < 1.29 is 14.0 Å². The minimum atomic E-state index is -0.643. The first kappa shape index (κ1) is 27.5. The van der Waals surface area contributed by atoms with Crippen molar-refractivity contribution in [3.05, 3.63) is 40.1 Å². The molecule has 3 fully saturated rings. The van der Waals surface area contributed by atoms with E-state index in [9.17, 15) is 4.79 Å². The fourth-order valence-electron chi connectivity index (χ4n) is 7.00. The highest BCUT2D eigenvalue weighted by Gasteiger charge is 2.56. The number of halogens is 1. The van der Waals surface area contributed by atoms with Gasteiger partial charge < -0.3 is 18.9 Å². The van der Waals surface area contributed by atoms with E-state index >= 15 is 0 Å². The Balaban J connectivity index is 1.45.